The van der Waals surface area contributed by atoms with Crippen molar-refractivity contribution < 1.29 is 128 Å². The number of phenolic OH excluding ortho intramolecular Hbond substituents is 3. The van der Waals surface area contributed by atoms with Crippen molar-refractivity contribution in [2.75, 3.05) is 13.7 Å². The Kier molecular flexibility index (Phi) is 22.7. The summed E-state index contributed by atoms with van der Waals surface area (Å²) in [6, 6.07) is -4.42. The molecule has 0 spiro atoms. The van der Waals surface area contributed by atoms with Gasteiger partial charge < -0.3 is 133 Å². The predicted octanol–water partition coefficient (Wildman–Crippen LogP) is 0.289. The van der Waals surface area contributed by atoms with Crippen LogP contribution in [-0.2, 0) is 52.6 Å². The van der Waals surface area contributed by atoms with Crippen LogP contribution in [0.25, 0.3) is 11.1 Å². The number of benzene rings is 5. The van der Waals surface area contributed by atoms with Crippen molar-refractivity contribution in [2.45, 2.75) is 149 Å². The van der Waals surface area contributed by atoms with Gasteiger partial charge in [0, 0.05) is 35.2 Å². The summed E-state index contributed by atoms with van der Waals surface area (Å²) in [6.45, 7) is 3.85. The average molecular weight is 1490 g/mol. The van der Waals surface area contributed by atoms with E-state index in [1.165, 1.54) is 14.0 Å². The summed E-state index contributed by atoms with van der Waals surface area (Å²) in [6.07, 6.45) is -19.3. The zero-order chi connectivity index (χ0) is 74.4. The molecule has 2 saturated heterocycles. The number of carbonyl (C=O) groups excluding carboxylic acids is 6. The zero-order valence-corrected chi connectivity index (χ0v) is 56.2. The Morgan fingerprint density at radius 2 is 1.35 bits per heavy atom. The highest BCUT2D eigenvalue weighted by atomic mass is 35.5. The summed E-state index contributed by atoms with van der Waals surface area (Å²) < 4.78 is 37.3. The molecule has 7 aliphatic rings. The first-order valence-corrected chi connectivity index (χ1v) is 32.5. The highest BCUT2D eigenvalue weighted by Crippen LogP contribution is 2.51. The number of phenols is 3. The number of likely N-dealkylation sites (N-methyl/N-ethyl adjacent to an activating group) is 1. The minimum atomic E-state index is -3.39. The molecule has 5 aromatic carbocycles. The highest BCUT2D eigenvalue weighted by molar-refractivity contribution is 6.37. The Labute approximate surface area is 592 Å². The van der Waals surface area contributed by atoms with E-state index in [4.69, 9.17) is 69.0 Å². The first-order chi connectivity index (χ1) is 48.1. The summed E-state index contributed by atoms with van der Waals surface area (Å²) in [5.41, 5.74) is 2.90. The molecule has 5 aromatic rings. The molecule has 34 nitrogen and oxygen atoms in total. The quantitative estimate of drug-likeness (QED) is 0.0746. The lowest BCUT2D eigenvalue weighted by atomic mass is 9.89. The number of amides is 6. The lowest BCUT2D eigenvalue weighted by Gasteiger charge is -2.49. The molecule has 7 heterocycles. The van der Waals surface area contributed by atoms with Gasteiger partial charge in [-0.3, -0.25) is 28.8 Å². The molecule has 21 N–H and O–H groups in total. The molecule has 0 radical (unpaired) electrons. The maximum Gasteiger partial charge on any atom is 0.330 e. The molecule has 0 saturated carbocycles. The van der Waals surface area contributed by atoms with E-state index in [1.54, 1.807) is 13.8 Å². The third-order valence-corrected chi connectivity index (χ3v) is 18.4. The number of carbonyl (C=O) groups is 8. The van der Waals surface area contributed by atoms with E-state index >= 15 is 9.59 Å². The van der Waals surface area contributed by atoms with Gasteiger partial charge >= 0.3 is 11.9 Å². The van der Waals surface area contributed by atoms with Gasteiger partial charge in [-0.2, -0.15) is 0 Å². The zero-order valence-electron chi connectivity index (χ0n) is 53.9. The smallest absolute Gasteiger partial charge is 0.330 e. The molecule has 548 valence electrons. The number of aliphatic hydroxyl groups is 7. The van der Waals surface area contributed by atoms with Crippen LogP contribution >= 0.6 is 34.8 Å². The van der Waals surface area contributed by atoms with Crippen molar-refractivity contribution in [1.29, 1.82) is 0 Å². The number of carboxylic acids is 2. The van der Waals surface area contributed by atoms with Gasteiger partial charge in [0.1, 0.15) is 83.7 Å². The Morgan fingerprint density at radius 1 is 0.706 bits per heavy atom. The lowest BCUT2D eigenvalue weighted by molar-refractivity contribution is -0.434. The number of aliphatic hydroxyl groups excluding tert-OH is 6. The van der Waals surface area contributed by atoms with E-state index in [9.17, 15) is 90.0 Å². The van der Waals surface area contributed by atoms with Crippen LogP contribution in [0, 0.1) is 5.92 Å². The average Bonchev–Trinajstić information content (AvgIpc) is 0.792. The maximum absolute atomic E-state index is 15.9. The van der Waals surface area contributed by atoms with Crippen LogP contribution < -0.4 is 57.2 Å². The largest absolute Gasteiger partial charge is 0.508 e. The molecule has 0 unspecified atom stereocenters. The molecule has 6 amide bonds. The van der Waals surface area contributed by atoms with Gasteiger partial charge in [0.2, 0.25) is 41.2 Å². The van der Waals surface area contributed by atoms with Crippen molar-refractivity contribution in [3.63, 3.8) is 0 Å². The second-order valence-electron chi connectivity index (χ2n) is 25.2. The van der Waals surface area contributed by atoms with Gasteiger partial charge in [-0.05, 0) is 103 Å². The Balaban J connectivity index is 1.25. The van der Waals surface area contributed by atoms with Crippen LogP contribution in [0.3, 0.4) is 0 Å². The van der Waals surface area contributed by atoms with E-state index in [0.717, 1.165) is 72.8 Å². The predicted molar refractivity (Wildman–Crippen MR) is 349 cm³/mol. The Morgan fingerprint density at radius 3 is 1.98 bits per heavy atom. The number of hydrogen-bond donors (Lipinski definition) is 20. The highest BCUT2D eigenvalue weighted by Gasteiger charge is 2.60. The molecular weight excluding hydrogens is 1420 g/mol. The number of nitrogens with two attached hydrogens (primary N) is 1. The molecule has 7 aliphatic heterocycles. The second-order valence-corrected chi connectivity index (χ2v) is 26.4. The summed E-state index contributed by atoms with van der Waals surface area (Å²) >= 11 is 21.1. The fourth-order valence-electron chi connectivity index (χ4n) is 12.2. The minimum absolute atomic E-state index is 0.132. The summed E-state index contributed by atoms with van der Waals surface area (Å²) in [4.78, 5) is 116. The van der Waals surface area contributed by atoms with Crippen LogP contribution in [-0.4, -0.2) is 201 Å². The SMILES string of the molecule is CN[C@H](CC(C)C)C(=O)N[C@H]1C(=O)N[C@H](C(=O)O)CC(=O)N[C@H]2C(=O)N[C@H]3C(=O)N[C@H](C(=O)N[C@@H](C(=O)O)c4cc(O)cc(O)c4-c4cc3ccc4O)[C@H](O)c3ccc(c(Cl)c3)Oc3cc2cc(c3O[C@@H]2O[C@@H](CO)[C@@H](O)[C@H](O)[C@]2(O)O[C@@H]2C[C@H](N)[C@H](O)[C@@H](C)O2)Oc2c(Cl)cc(cc2Cl)[C@H]1O. The summed E-state index contributed by atoms with van der Waals surface area (Å²) in [5.74, 6) is -21.5. The molecule has 0 aromatic heterocycles. The molecule has 18 atom stereocenters. The molecule has 12 rings (SSSR count). The van der Waals surface area contributed by atoms with Crippen LogP contribution in [0.5, 0.6) is 46.0 Å². The van der Waals surface area contributed by atoms with E-state index in [-0.39, 0.29) is 23.5 Å². The van der Waals surface area contributed by atoms with Crippen LogP contribution in [0.2, 0.25) is 15.1 Å². The topological polar surface area (TPSA) is 545 Å². The van der Waals surface area contributed by atoms with E-state index in [1.807, 2.05) is 0 Å². The lowest BCUT2D eigenvalue weighted by Crippen LogP contribution is -2.70. The minimum Gasteiger partial charge on any atom is -0.508 e. The summed E-state index contributed by atoms with van der Waals surface area (Å²) in [7, 11) is 1.44. The molecule has 2 fully saturated rings. The van der Waals surface area contributed by atoms with Gasteiger partial charge in [0.25, 0.3) is 12.1 Å². The Bertz CT molecular complexity index is 4100. The van der Waals surface area contributed by atoms with Crippen LogP contribution in [0.15, 0.2) is 72.8 Å². The standard InChI is InChI=1S/C65H71Cl3N8O26/c1-21(2)9-34(70-4)57(87)75-49-52(84)26-12-31(67)54(32(68)13-26)99-40-15-25-14-39(55(40)101-64-65(96,56(86)53(85)41(20-77)100-64)102-43-18-33(69)50(82)22(3)97-43)98-38-8-6-24(11-30(38)66)51(83)48-61(91)74-47(63(94)95)29-16-27(78)17-37(80)44(29)28-10-23(5-7-36(28)79)45(58(88)76-48)73-59(89)46(25)72-42(81)19-35(62(92)93)71-60(49)90/h5-8,10-17,21-22,33-35,41,43,45-53,56,64,70,77-80,82-86,96H,9,18-20,69H2,1-4H3,(H,71,90)(H,72,81)(H,73,89)(H,74,91)(H,75,87)(H,76,88)(H,92,93)(H,94,95)/t22-,33+,34-,35+,41+,43-,45-,46-,47-,48+,49-,50-,51-,52-,53-,56+,64+,65+/m1/s1. The molecular formula is C65H71Cl3N8O26. The number of carboxylic acid groups (broad SMARTS) is 2. The first kappa shape index (κ1) is 75.7. The van der Waals surface area contributed by atoms with Crippen molar-refractivity contribution >= 4 is 82.2 Å². The van der Waals surface area contributed by atoms with E-state index < -0.39 is 265 Å². The monoisotopic (exact) mass is 1480 g/mol. The number of halogens is 3. The number of rotatable bonds is 12. The number of ether oxygens (including phenoxy) is 6. The molecule has 102 heavy (non-hydrogen) atoms. The maximum atomic E-state index is 15.9. The van der Waals surface area contributed by atoms with Gasteiger partial charge in [0.15, 0.2) is 29.6 Å². The first-order valence-electron chi connectivity index (χ1n) is 31.4. The van der Waals surface area contributed by atoms with Gasteiger partial charge in [-0.15, -0.1) is 0 Å². The van der Waals surface area contributed by atoms with Gasteiger partial charge in [-0.1, -0.05) is 60.8 Å². The third kappa shape index (κ3) is 15.5. The fraction of sp³-hybridized carbons (Fsp3) is 0.415. The van der Waals surface area contributed by atoms with E-state index in [2.05, 4.69) is 37.2 Å². The Hall–Kier alpha value is -8.95. The number of aliphatic carboxylic acids is 2. The third-order valence-electron chi connectivity index (χ3n) is 17.6. The van der Waals surface area contributed by atoms with Gasteiger partial charge in [-0.25, -0.2) is 9.59 Å². The molecule has 11 bridgehead atoms. The van der Waals surface area contributed by atoms with Crippen molar-refractivity contribution in [3.8, 4) is 57.1 Å². The normalized spacial score (nSPS) is 29.4. The van der Waals surface area contributed by atoms with Gasteiger partial charge in [0.05, 0.1) is 46.3 Å². The number of aromatic hydroxyl groups is 3. The number of nitrogens with one attached hydrogen (secondary N) is 7. The fourth-order valence-corrected chi connectivity index (χ4v) is 13.1. The van der Waals surface area contributed by atoms with Crippen molar-refractivity contribution in [2.24, 2.45) is 11.7 Å². The van der Waals surface area contributed by atoms with Crippen molar-refractivity contribution in [3.05, 3.63) is 116 Å². The summed E-state index contributed by atoms with van der Waals surface area (Å²) in [5, 5.41) is 152. The van der Waals surface area contributed by atoms with Crippen LogP contribution in [0.4, 0.5) is 0 Å². The molecule has 37 heteroatoms. The number of hydrogen-bond acceptors (Lipinski definition) is 26. The van der Waals surface area contributed by atoms with Crippen molar-refractivity contribution in [1.82, 2.24) is 37.2 Å². The van der Waals surface area contributed by atoms with E-state index in [0.29, 0.717) is 0 Å². The second kappa shape index (κ2) is 30.5. The molecule has 0 aliphatic carbocycles. The van der Waals surface area contributed by atoms with Crippen LogP contribution in [0.1, 0.15) is 98.2 Å². The number of fused-ring (bicyclic) bond motifs is 16.